The van der Waals surface area contributed by atoms with Crippen LogP contribution in [0.2, 0.25) is 0 Å². The predicted octanol–water partition coefficient (Wildman–Crippen LogP) is 4.23. The summed E-state index contributed by atoms with van der Waals surface area (Å²) in [6.45, 7) is 4.33. The van der Waals surface area contributed by atoms with E-state index >= 15 is 0 Å². The van der Waals surface area contributed by atoms with Crippen LogP contribution >= 0.6 is 0 Å². The van der Waals surface area contributed by atoms with Crippen molar-refractivity contribution in [2.45, 2.75) is 26.4 Å². The first-order valence-electron chi connectivity index (χ1n) is 6.72. The summed E-state index contributed by atoms with van der Waals surface area (Å²) in [4.78, 5) is 11.1. The van der Waals surface area contributed by atoms with Crippen LogP contribution in [0.25, 0.3) is 0 Å². The summed E-state index contributed by atoms with van der Waals surface area (Å²) in [6, 6.07) is 11.6. The van der Waals surface area contributed by atoms with E-state index in [0.29, 0.717) is 5.92 Å². The van der Waals surface area contributed by atoms with Crippen molar-refractivity contribution in [3.63, 3.8) is 0 Å². The van der Waals surface area contributed by atoms with Gasteiger partial charge in [0.1, 0.15) is 12.2 Å². The van der Waals surface area contributed by atoms with E-state index in [-0.39, 0.29) is 17.9 Å². The molecule has 0 spiro atoms. The van der Waals surface area contributed by atoms with Crippen LogP contribution in [0, 0.1) is 5.82 Å². The molecule has 2 rings (SSSR count). The van der Waals surface area contributed by atoms with Gasteiger partial charge in [0.2, 0.25) is 0 Å². The van der Waals surface area contributed by atoms with Crippen LogP contribution in [0.1, 0.15) is 41.3 Å². The van der Waals surface area contributed by atoms with Gasteiger partial charge in [0.15, 0.2) is 11.6 Å². The SMILES string of the molecule is CC(C)c1ccc(COc2c(F)cccc2C(=O)O)cc1. The zero-order valence-electron chi connectivity index (χ0n) is 12.0. The van der Waals surface area contributed by atoms with Crippen LogP contribution < -0.4 is 4.74 Å². The zero-order chi connectivity index (χ0) is 15.4. The quantitative estimate of drug-likeness (QED) is 0.895. The van der Waals surface area contributed by atoms with Crippen molar-refractivity contribution in [2.24, 2.45) is 0 Å². The topological polar surface area (TPSA) is 46.5 Å². The van der Waals surface area contributed by atoms with Crippen LogP contribution in [0.15, 0.2) is 42.5 Å². The van der Waals surface area contributed by atoms with Gasteiger partial charge in [-0.25, -0.2) is 9.18 Å². The Morgan fingerprint density at radius 3 is 2.43 bits per heavy atom. The van der Waals surface area contributed by atoms with Gasteiger partial charge >= 0.3 is 5.97 Å². The maximum Gasteiger partial charge on any atom is 0.339 e. The number of rotatable bonds is 5. The smallest absolute Gasteiger partial charge is 0.339 e. The number of hydrogen-bond donors (Lipinski definition) is 1. The summed E-state index contributed by atoms with van der Waals surface area (Å²) in [5.41, 5.74) is 1.89. The molecule has 1 N–H and O–H groups in total. The molecule has 2 aromatic carbocycles. The molecular weight excluding hydrogens is 271 g/mol. The van der Waals surface area contributed by atoms with Crippen molar-refractivity contribution in [3.8, 4) is 5.75 Å². The average molecular weight is 288 g/mol. The minimum absolute atomic E-state index is 0.125. The minimum Gasteiger partial charge on any atom is -0.485 e. The highest BCUT2D eigenvalue weighted by atomic mass is 19.1. The highest BCUT2D eigenvalue weighted by Gasteiger charge is 2.15. The van der Waals surface area contributed by atoms with E-state index in [1.807, 2.05) is 24.3 Å². The summed E-state index contributed by atoms with van der Waals surface area (Å²) in [5, 5.41) is 9.04. The molecule has 0 aromatic heterocycles. The molecule has 0 aliphatic heterocycles. The lowest BCUT2D eigenvalue weighted by molar-refractivity contribution is 0.0690. The van der Waals surface area contributed by atoms with Crippen LogP contribution in [0.5, 0.6) is 5.75 Å². The fourth-order valence-electron chi connectivity index (χ4n) is 1.98. The van der Waals surface area contributed by atoms with Gasteiger partial charge in [-0.05, 0) is 29.2 Å². The summed E-state index contributed by atoms with van der Waals surface area (Å²) < 4.78 is 19.1. The Bertz CT molecular complexity index is 633. The van der Waals surface area contributed by atoms with E-state index in [1.165, 1.54) is 23.8 Å². The lowest BCUT2D eigenvalue weighted by Gasteiger charge is -2.11. The number of hydrogen-bond acceptors (Lipinski definition) is 2. The lowest BCUT2D eigenvalue weighted by Crippen LogP contribution is -2.05. The minimum atomic E-state index is -1.21. The van der Waals surface area contributed by atoms with Gasteiger partial charge in [-0.15, -0.1) is 0 Å². The van der Waals surface area contributed by atoms with Crippen molar-refractivity contribution < 1.29 is 19.0 Å². The molecule has 0 aliphatic carbocycles. The van der Waals surface area contributed by atoms with Crippen molar-refractivity contribution in [1.29, 1.82) is 0 Å². The predicted molar refractivity (Wildman–Crippen MR) is 78.2 cm³/mol. The maximum atomic E-state index is 13.7. The first-order valence-corrected chi connectivity index (χ1v) is 6.72. The number of carbonyl (C=O) groups is 1. The van der Waals surface area contributed by atoms with E-state index < -0.39 is 11.8 Å². The number of aromatic carboxylic acids is 1. The molecule has 0 atom stereocenters. The zero-order valence-corrected chi connectivity index (χ0v) is 12.0. The van der Waals surface area contributed by atoms with Gasteiger partial charge in [0, 0.05) is 0 Å². The Kier molecular flexibility index (Phi) is 4.58. The first kappa shape index (κ1) is 15.0. The van der Waals surface area contributed by atoms with Crippen LogP contribution in [0.3, 0.4) is 0 Å². The summed E-state index contributed by atoms with van der Waals surface area (Å²) >= 11 is 0. The third-order valence-corrected chi connectivity index (χ3v) is 3.23. The van der Waals surface area contributed by atoms with Gasteiger partial charge in [-0.2, -0.15) is 0 Å². The van der Waals surface area contributed by atoms with E-state index in [9.17, 15) is 9.18 Å². The average Bonchev–Trinajstić information content (AvgIpc) is 2.46. The monoisotopic (exact) mass is 288 g/mol. The summed E-state index contributed by atoms with van der Waals surface area (Å²) in [6.07, 6.45) is 0. The number of carboxylic acids is 1. The molecule has 21 heavy (non-hydrogen) atoms. The molecule has 0 radical (unpaired) electrons. The lowest BCUT2D eigenvalue weighted by atomic mass is 10.0. The Morgan fingerprint density at radius 2 is 1.86 bits per heavy atom. The van der Waals surface area contributed by atoms with E-state index in [0.717, 1.165) is 5.56 Å². The molecule has 0 amide bonds. The number of halogens is 1. The molecule has 0 fully saturated rings. The Labute approximate surface area is 123 Å². The largest absolute Gasteiger partial charge is 0.485 e. The van der Waals surface area contributed by atoms with Crippen LogP contribution in [-0.4, -0.2) is 11.1 Å². The maximum absolute atomic E-state index is 13.7. The fraction of sp³-hybridized carbons (Fsp3) is 0.235. The third kappa shape index (κ3) is 3.60. The number of para-hydroxylation sites is 1. The fourth-order valence-corrected chi connectivity index (χ4v) is 1.98. The molecule has 0 unspecified atom stereocenters. The molecule has 0 saturated carbocycles. The standard InChI is InChI=1S/C17H17FO3/c1-11(2)13-8-6-12(7-9-13)10-21-16-14(17(19)20)4-3-5-15(16)18/h3-9,11H,10H2,1-2H3,(H,19,20). The van der Waals surface area contributed by atoms with Gasteiger partial charge in [0.25, 0.3) is 0 Å². The molecule has 110 valence electrons. The molecule has 4 heteroatoms. The van der Waals surface area contributed by atoms with Crippen LogP contribution in [0.4, 0.5) is 4.39 Å². The highest BCUT2D eigenvalue weighted by Crippen LogP contribution is 2.24. The number of ether oxygens (including phenoxy) is 1. The Morgan fingerprint density at radius 1 is 1.19 bits per heavy atom. The van der Waals surface area contributed by atoms with Gasteiger partial charge in [0.05, 0.1) is 0 Å². The molecule has 0 heterocycles. The molecule has 0 aliphatic rings. The molecular formula is C17H17FO3. The summed E-state index contributed by atoms with van der Waals surface area (Å²) in [7, 11) is 0. The van der Waals surface area contributed by atoms with Gasteiger partial charge < -0.3 is 9.84 Å². The molecule has 0 saturated heterocycles. The van der Waals surface area contributed by atoms with Gasteiger partial charge in [-0.1, -0.05) is 44.2 Å². The van der Waals surface area contributed by atoms with Crippen molar-refractivity contribution >= 4 is 5.97 Å². The number of carboxylic acid groups (broad SMARTS) is 1. The second kappa shape index (κ2) is 6.39. The first-order chi connectivity index (χ1) is 9.99. The van der Waals surface area contributed by atoms with E-state index in [2.05, 4.69) is 13.8 Å². The normalized spacial score (nSPS) is 10.7. The van der Waals surface area contributed by atoms with Crippen molar-refractivity contribution in [3.05, 3.63) is 65.0 Å². The second-order valence-corrected chi connectivity index (χ2v) is 5.11. The van der Waals surface area contributed by atoms with Crippen molar-refractivity contribution in [1.82, 2.24) is 0 Å². The van der Waals surface area contributed by atoms with E-state index in [4.69, 9.17) is 9.84 Å². The Hall–Kier alpha value is -2.36. The van der Waals surface area contributed by atoms with Crippen molar-refractivity contribution in [2.75, 3.05) is 0 Å². The van der Waals surface area contributed by atoms with Crippen LogP contribution in [-0.2, 0) is 6.61 Å². The Balaban J connectivity index is 2.15. The molecule has 3 nitrogen and oxygen atoms in total. The third-order valence-electron chi connectivity index (χ3n) is 3.23. The van der Waals surface area contributed by atoms with E-state index in [1.54, 1.807) is 0 Å². The number of benzene rings is 2. The molecule has 2 aromatic rings. The highest BCUT2D eigenvalue weighted by molar-refractivity contribution is 5.90. The second-order valence-electron chi connectivity index (χ2n) is 5.11. The van der Waals surface area contributed by atoms with Gasteiger partial charge in [-0.3, -0.25) is 0 Å². The summed E-state index contributed by atoms with van der Waals surface area (Å²) in [5.74, 6) is -1.67. The molecule has 0 bridgehead atoms.